The average molecular weight is 230 g/mol. The molecule has 0 aromatic rings. The van der Waals surface area contributed by atoms with Crippen molar-refractivity contribution in [3.8, 4) is 0 Å². The van der Waals surface area contributed by atoms with Crippen molar-refractivity contribution in [3.63, 3.8) is 0 Å². The lowest BCUT2D eigenvalue weighted by atomic mass is 10.1. The van der Waals surface area contributed by atoms with E-state index in [9.17, 15) is 4.79 Å². The third-order valence-corrected chi connectivity index (χ3v) is 2.73. The number of rotatable bonds is 6. The zero-order valence-electron chi connectivity index (χ0n) is 10.1. The fourth-order valence-corrected chi connectivity index (χ4v) is 1.55. The van der Waals surface area contributed by atoms with Crippen LogP contribution < -0.4 is 10.6 Å². The summed E-state index contributed by atoms with van der Waals surface area (Å²) in [6, 6.07) is 0. The van der Waals surface area contributed by atoms with E-state index in [-0.39, 0.29) is 24.7 Å². The van der Waals surface area contributed by atoms with Gasteiger partial charge < -0.3 is 20.1 Å². The van der Waals surface area contributed by atoms with Crippen LogP contribution in [-0.2, 0) is 14.3 Å². The monoisotopic (exact) mass is 230 g/mol. The van der Waals surface area contributed by atoms with Crippen LogP contribution in [0.3, 0.4) is 0 Å². The predicted molar refractivity (Wildman–Crippen MR) is 61.3 cm³/mol. The fraction of sp³-hybridized carbons (Fsp3) is 0.909. The van der Waals surface area contributed by atoms with Gasteiger partial charge >= 0.3 is 0 Å². The van der Waals surface area contributed by atoms with Crippen molar-refractivity contribution in [1.29, 1.82) is 0 Å². The molecule has 1 aliphatic heterocycles. The molecule has 0 aromatic heterocycles. The normalized spacial score (nSPS) is 19.4. The smallest absolute Gasteiger partial charge is 0.246 e. The molecule has 0 aliphatic carbocycles. The van der Waals surface area contributed by atoms with E-state index < -0.39 is 0 Å². The minimum absolute atomic E-state index is 0.0443. The van der Waals surface area contributed by atoms with E-state index in [1.54, 1.807) is 7.11 Å². The Kier molecular flexibility index (Phi) is 6.37. The lowest BCUT2D eigenvalue weighted by Gasteiger charge is -2.22. The molecular weight excluding hydrogens is 208 g/mol. The van der Waals surface area contributed by atoms with E-state index >= 15 is 0 Å². The highest BCUT2D eigenvalue weighted by atomic mass is 16.5. The number of carbonyl (C=O) groups is 1. The summed E-state index contributed by atoms with van der Waals surface area (Å²) in [6.07, 6.45) is 2.25. The quantitative estimate of drug-likeness (QED) is 0.669. The maximum atomic E-state index is 11.4. The van der Waals surface area contributed by atoms with Gasteiger partial charge in [-0.15, -0.1) is 0 Å². The Morgan fingerprint density at radius 1 is 1.50 bits per heavy atom. The number of nitrogens with one attached hydrogen (secondary N) is 2. The highest BCUT2D eigenvalue weighted by molar-refractivity contribution is 5.77. The van der Waals surface area contributed by atoms with Crippen LogP contribution in [0.15, 0.2) is 0 Å². The van der Waals surface area contributed by atoms with Crippen LogP contribution in [0.4, 0.5) is 0 Å². The maximum absolute atomic E-state index is 11.4. The predicted octanol–water partition coefficient (Wildman–Crippen LogP) is -0.0939. The van der Waals surface area contributed by atoms with Crippen LogP contribution in [0.5, 0.6) is 0 Å². The summed E-state index contributed by atoms with van der Waals surface area (Å²) in [6.45, 7) is 4.56. The first kappa shape index (κ1) is 13.4. The molecule has 1 heterocycles. The van der Waals surface area contributed by atoms with Crippen LogP contribution in [0, 0.1) is 0 Å². The van der Waals surface area contributed by atoms with Crippen molar-refractivity contribution in [2.45, 2.75) is 32.0 Å². The van der Waals surface area contributed by atoms with E-state index in [0.717, 1.165) is 25.9 Å². The van der Waals surface area contributed by atoms with Gasteiger partial charge in [-0.3, -0.25) is 4.79 Å². The summed E-state index contributed by atoms with van der Waals surface area (Å²) in [5.74, 6) is -0.0672. The van der Waals surface area contributed by atoms with Crippen molar-refractivity contribution in [1.82, 2.24) is 10.6 Å². The molecule has 0 saturated carbocycles. The van der Waals surface area contributed by atoms with E-state index in [0.29, 0.717) is 6.54 Å². The van der Waals surface area contributed by atoms with Gasteiger partial charge in [0.1, 0.15) is 6.61 Å². The molecule has 0 radical (unpaired) electrons. The Morgan fingerprint density at radius 3 is 2.81 bits per heavy atom. The molecule has 1 amide bonds. The molecule has 1 unspecified atom stereocenters. The third-order valence-electron chi connectivity index (χ3n) is 2.73. The molecule has 1 fully saturated rings. The minimum Gasteiger partial charge on any atom is -0.380 e. The first-order valence-corrected chi connectivity index (χ1v) is 5.84. The van der Waals surface area contributed by atoms with Gasteiger partial charge in [0.05, 0.1) is 12.2 Å². The third kappa shape index (κ3) is 5.44. The highest BCUT2D eigenvalue weighted by Gasteiger charge is 2.14. The highest BCUT2D eigenvalue weighted by Crippen LogP contribution is 2.06. The fourth-order valence-electron chi connectivity index (χ4n) is 1.55. The first-order chi connectivity index (χ1) is 7.72. The molecule has 1 atom stereocenters. The van der Waals surface area contributed by atoms with Gasteiger partial charge in [-0.05, 0) is 32.9 Å². The minimum atomic E-state index is -0.0672. The van der Waals surface area contributed by atoms with Gasteiger partial charge in [0.2, 0.25) is 5.91 Å². The van der Waals surface area contributed by atoms with Gasteiger partial charge in [-0.25, -0.2) is 0 Å². The van der Waals surface area contributed by atoms with Crippen molar-refractivity contribution in [2.24, 2.45) is 0 Å². The second-order valence-electron chi connectivity index (χ2n) is 4.11. The number of hydrogen-bond acceptors (Lipinski definition) is 4. The summed E-state index contributed by atoms with van der Waals surface area (Å²) >= 11 is 0. The molecule has 1 saturated heterocycles. The summed E-state index contributed by atoms with van der Waals surface area (Å²) in [5.41, 5.74) is 0. The molecule has 1 rings (SSSR count). The van der Waals surface area contributed by atoms with Gasteiger partial charge in [0, 0.05) is 13.7 Å². The maximum Gasteiger partial charge on any atom is 0.246 e. The SMILES string of the molecule is COC(C)CNC(=O)COC1CCNCC1. The average Bonchev–Trinajstić information content (AvgIpc) is 2.34. The zero-order valence-corrected chi connectivity index (χ0v) is 10.1. The van der Waals surface area contributed by atoms with Gasteiger partial charge in [0.15, 0.2) is 0 Å². The number of ether oxygens (including phenoxy) is 2. The molecule has 0 bridgehead atoms. The molecular formula is C11H22N2O3. The van der Waals surface area contributed by atoms with Crippen molar-refractivity contribution < 1.29 is 14.3 Å². The van der Waals surface area contributed by atoms with Crippen molar-refractivity contribution in [2.75, 3.05) is 33.4 Å². The summed E-state index contributed by atoms with van der Waals surface area (Å²) in [7, 11) is 1.63. The van der Waals surface area contributed by atoms with Gasteiger partial charge in [0.25, 0.3) is 0 Å². The number of carbonyl (C=O) groups excluding carboxylic acids is 1. The largest absolute Gasteiger partial charge is 0.380 e. The lowest BCUT2D eigenvalue weighted by Crippen LogP contribution is -2.37. The summed E-state index contributed by atoms with van der Waals surface area (Å²) in [5, 5.41) is 6.02. The second kappa shape index (κ2) is 7.60. The Balaban J connectivity index is 2.05. The summed E-state index contributed by atoms with van der Waals surface area (Å²) in [4.78, 5) is 11.4. The second-order valence-corrected chi connectivity index (χ2v) is 4.11. The van der Waals surface area contributed by atoms with Crippen LogP contribution in [0.2, 0.25) is 0 Å². The Bertz CT molecular complexity index is 205. The Hall–Kier alpha value is -0.650. The number of methoxy groups -OCH3 is 1. The zero-order chi connectivity index (χ0) is 11.8. The first-order valence-electron chi connectivity index (χ1n) is 5.84. The molecule has 5 nitrogen and oxygen atoms in total. The van der Waals surface area contributed by atoms with Gasteiger partial charge in [-0.1, -0.05) is 0 Å². The van der Waals surface area contributed by atoms with Crippen molar-refractivity contribution >= 4 is 5.91 Å². The molecule has 16 heavy (non-hydrogen) atoms. The Morgan fingerprint density at radius 2 is 2.19 bits per heavy atom. The van der Waals surface area contributed by atoms with Crippen LogP contribution in [-0.4, -0.2) is 51.5 Å². The van der Waals surface area contributed by atoms with E-state index in [1.165, 1.54) is 0 Å². The lowest BCUT2D eigenvalue weighted by molar-refractivity contribution is -0.128. The van der Waals surface area contributed by atoms with Gasteiger partial charge in [-0.2, -0.15) is 0 Å². The molecule has 2 N–H and O–H groups in total. The number of amides is 1. The van der Waals surface area contributed by atoms with E-state index in [4.69, 9.17) is 9.47 Å². The molecule has 1 aliphatic rings. The topological polar surface area (TPSA) is 59.6 Å². The van der Waals surface area contributed by atoms with Crippen LogP contribution in [0.25, 0.3) is 0 Å². The van der Waals surface area contributed by atoms with E-state index in [1.807, 2.05) is 6.92 Å². The molecule has 0 aromatic carbocycles. The van der Waals surface area contributed by atoms with E-state index in [2.05, 4.69) is 10.6 Å². The van der Waals surface area contributed by atoms with Crippen molar-refractivity contribution in [3.05, 3.63) is 0 Å². The van der Waals surface area contributed by atoms with Crippen LogP contribution in [0.1, 0.15) is 19.8 Å². The molecule has 0 spiro atoms. The summed E-state index contributed by atoms with van der Waals surface area (Å²) < 4.78 is 10.5. The Labute approximate surface area is 96.9 Å². The number of hydrogen-bond donors (Lipinski definition) is 2. The molecule has 5 heteroatoms. The number of piperidine rings is 1. The van der Waals surface area contributed by atoms with Crippen LogP contribution >= 0.6 is 0 Å². The molecule has 94 valence electrons. The standard InChI is InChI=1S/C11H22N2O3/c1-9(15-2)7-13-11(14)8-16-10-3-5-12-6-4-10/h9-10,12H,3-8H2,1-2H3,(H,13,14).